The number of para-hydroxylation sites is 1. The zero-order valence-electron chi connectivity index (χ0n) is 12.0. The van der Waals surface area contributed by atoms with Gasteiger partial charge in [0, 0.05) is 7.05 Å². The first-order valence-corrected chi connectivity index (χ1v) is 6.71. The van der Waals surface area contributed by atoms with Crippen LogP contribution in [0.4, 0.5) is 0 Å². The van der Waals surface area contributed by atoms with Crippen molar-refractivity contribution in [3.8, 4) is 0 Å². The van der Waals surface area contributed by atoms with Gasteiger partial charge in [-0.25, -0.2) is 4.98 Å². The number of rotatable bonds is 1. The van der Waals surface area contributed by atoms with Gasteiger partial charge in [-0.05, 0) is 26.0 Å². The smallest absolute Gasteiger partial charge is 0.262 e. The Morgan fingerprint density at radius 2 is 1.90 bits per heavy atom. The van der Waals surface area contributed by atoms with Crippen LogP contribution in [0.2, 0.25) is 0 Å². The summed E-state index contributed by atoms with van der Waals surface area (Å²) < 4.78 is 1.34. The number of hydrogen-bond donors (Lipinski definition) is 0. The Balaban J connectivity index is 2.43. The van der Waals surface area contributed by atoms with Gasteiger partial charge in [-0.2, -0.15) is 0 Å². The molecule has 1 aromatic heterocycles. The summed E-state index contributed by atoms with van der Waals surface area (Å²) in [5.41, 5.74) is 0.255. The first-order chi connectivity index (χ1) is 9.93. The van der Waals surface area contributed by atoms with Crippen LogP contribution in [0.25, 0.3) is 10.9 Å². The molecule has 1 aromatic carbocycles. The summed E-state index contributed by atoms with van der Waals surface area (Å²) in [5, 5.41) is 0.452. The maximum atomic E-state index is 12.6. The molecule has 0 fully saturated rings. The Morgan fingerprint density at radius 1 is 1.24 bits per heavy atom. The van der Waals surface area contributed by atoms with Crippen molar-refractivity contribution < 1.29 is 9.59 Å². The molecular formula is C15H15N3O3. The predicted octanol–water partition coefficient (Wildman–Crippen LogP) is 1.06. The number of aromatic nitrogens is 2. The molecule has 0 saturated carbocycles. The third-order valence-corrected chi connectivity index (χ3v) is 3.94. The third kappa shape index (κ3) is 1.79. The van der Waals surface area contributed by atoms with Crippen LogP contribution >= 0.6 is 0 Å². The molecular weight excluding hydrogens is 270 g/mol. The highest BCUT2D eigenvalue weighted by Gasteiger charge is 2.39. The average Bonchev–Trinajstić information content (AvgIpc) is 2.45. The zero-order valence-corrected chi connectivity index (χ0v) is 12.0. The zero-order chi connectivity index (χ0) is 15.3. The molecule has 1 amide bonds. The summed E-state index contributed by atoms with van der Waals surface area (Å²) >= 11 is 0. The van der Waals surface area contributed by atoms with Gasteiger partial charge in [0.05, 0.1) is 10.9 Å². The SMILES string of the molecule is CC(=O)[C@@H]1c2nc3ccccc3c(=O)n2[C@@H](C)C(=O)N1C. The van der Waals surface area contributed by atoms with E-state index in [9.17, 15) is 14.4 Å². The second-order valence-corrected chi connectivity index (χ2v) is 5.30. The number of ketones is 1. The molecule has 0 spiro atoms. The van der Waals surface area contributed by atoms with Crippen molar-refractivity contribution in [1.82, 2.24) is 14.5 Å². The van der Waals surface area contributed by atoms with Crippen molar-refractivity contribution in [3.63, 3.8) is 0 Å². The number of hydrogen-bond acceptors (Lipinski definition) is 4. The first kappa shape index (κ1) is 13.5. The molecule has 6 nitrogen and oxygen atoms in total. The van der Waals surface area contributed by atoms with Crippen molar-refractivity contribution >= 4 is 22.6 Å². The third-order valence-electron chi connectivity index (χ3n) is 3.94. The predicted molar refractivity (Wildman–Crippen MR) is 76.9 cm³/mol. The van der Waals surface area contributed by atoms with Gasteiger partial charge in [-0.15, -0.1) is 0 Å². The quantitative estimate of drug-likeness (QED) is 0.785. The summed E-state index contributed by atoms with van der Waals surface area (Å²) in [4.78, 5) is 42.7. The van der Waals surface area contributed by atoms with E-state index in [-0.39, 0.29) is 17.2 Å². The lowest BCUT2D eigenvalue weighted by molar-refractivity contribution is -0.143. The molecule has 108 valence electrons. The summed E-state index contributed by atoms with van der Waals surface area (Å²) in [6.45, 7) is 3.05. The molecule has 3 rings (SSSR count). The summed E-state index contributed by atoms with van der Waals surface area (Å²) in [5.74, 6) is -0.142. The fraction of sp³-hybridized carbons (Fsp3) is 0.333. The van der Waals surface area contributed by atoms with Gasteiger partial charge in [0.15, 0.2) is 5.78 Å². The lowest BCUT2D eigenvalue weighted by Gasteiger charge is -2.36. The van der Waals surface area contributed by atoms with E-state index in [2.05, 4.69) is 4.98 Å². The van der Waals surface area contributed by atoms with Gasteiger partial charge in [0.1, 0.15) is 17.9 Å². The lowest BCUT2D eigenvalue weighted by Crippen LogP contribution is -2.49. The molecule has 21 heavy (non-hydrogen) atoms. The number of amides is 1. The molecule has 0 saturated heterocycles. The van der Waals surface area contributed by atoms with Crippen molar-refractivity contribution in [3.05, 3.63) is 40.4 Å². The van der Waals surface area contributed by atoms with Crippen molar-refractivity contribution in [1.29, 1.82) is 0 Å². The van der Waals surface area contributed by atoms with Gasteiger partial charge in [0.2, 0.25) is 5.91 Å². The highest BCUT2D eigenvalue weighted by Crippen LogP contribution is 2.29. The number of Topliss-reactive ketones (excluding diaryl/α,β-unsaturated/α-hetero) is 1. The Morgan fingerprint density at radius 3 is 2.57 bits per heavy atom. The molecule has 6 heteroatoms. The van der Waals surface area contributed by atoms with E-state index in [4.69, 9.17) is 0 Å². The number of likely N-dealkylation sites (N-methyl/N-ethyl adjacent to an activating group) is 1. The van der Waals surface area contributed by atoms with E-state index in [1.807, 2.05) is 0 Å². The molecule has 2 heterocycles. The minimum Gasteiger partial charge on any atom is -0.327 e. The van der Waals surface area contributed by atoms with Gasteiger partial charge in [-0.1, -0.05) is 12.1 Å². The second kappa shape index (κ2) is 4.51. The maximum absolute atomic E-state index is 12.6. The van der Waals surface area contributed by atoms with E-state index in [0.29, 0.717) is 16.7 Å². The Bertz CT molecular complexity index is 825. The molecule has 0 radical (unpaired) electrons. The normalized spacial score (nSPS) is 21.5. The number of carbonyl (C=O) groups is 2. The van der Waals surface area contributed by atoms with Crippen LogP contribution in [0.15, 0.2) is 29.1 Å². The number of carbonyl (C=O) groups excluding carboxylic acids is 2. The fourth-order valence-corrected chi connectivity index (χ4v) is 2.89. The molecule has 1 aliphatic rings. The summed E-state index contributed by atoms with van der Waals surface area (Å²) in [6.07, 6.45) is 0. The highest BCUT2D eigenvalue weighted by atomic mass is 16.2. The number of benzene rings is 1. The second-order valence-electron chi connectivity index (χ2n) is 5.30. The van der Waals surface area contributed by atoms with Crippen molar-refractivity contribution in [2.24, 2.45) is 0 Å². The minimum atomic E-state index is -0.814. The monoisotopic (exact) mass is 285 g/mol. The van der Waals surface area contributed by atoms with Crippen molar-refractivity contribution in [2.45, 2.75) is 25.9 Å². The van der Waals surface area contributed by atoms with E-state index in [0.717, 1.165) is 0 Å². The fourth-order valence-electron chi connectivity index (χ4n) is 2.89. The van der Waals surface area contributed by atoms with Gasteiger partial charge in [0.25, 0.3) is 5.56 Å². The highest BCUT2D eigenvalue weighted by molar-refractivity contribution is 5.91. The van der Waals surface area contributed by atoms with Crippen LogP contribution in [0.5, 0.6) is 0 Å². The van der Waals surface area contributed by atoms with Crippen LogP contribution in [-0.4, -0.2) is 33.2 Å². The topological polar surface area (TPSA) is 72.3 Å². The van der Waals surface area contributed by atoms with Gasteiger partial charge in [-0.3, -0.25) is 19.0 Å². The average molecular weight is 285 g/mol. The molecule has 0 aliphatic carbocycles. The molecule has 0 bridgehead atoms. The van der Waals surface area contributed by atoms with Crippen LogP contribution in [-0.2, 0) is 9.59 Å². The Kier molecular flexibility index (Phi) is 2.90. The standard InChI is InChI=1S/C15H15N3O3/c1-8-14(20)17(3)12(9(2)19)13-16-11-7-5-4-6-10(11)15(21)18(8)13/h4-8,12H,1-3H3/t8-,12+/m0/s1. The molecule has 0 unspecified atom stereocenters. The van der Waals surface area contributed by atoms with Gasteiger partial charge >= 0.3 is 0 Å². The summed E-state index contributed by atoms with van der Waals surface area (Å²) in [6, 6.07) is 5.47. The van der Waals surface area contributed by atoms with Crippen LogP contribution < -0.4 is 5.56 Å². The van der Waals surface area contributed by atoms with E-state index in [1.165, 1.54) is 16.4 Å². The van der Waals surface area contributed by atoms with E-state index >= 15 is 0 Å². The number of fused-ring (bicyclic) bond motifs is 2. The van der Waals surface area contributed by atoms with Crippen LogP contribution in [0, 0.1) is 0 Å². The first-order valence-electron chi connectivity index (χ1n) is 6.71. The summed E-state index contributed by atoms with van der Waals surface area (Å²) in [7, 11) is 1.57. The van der Waals surface area contributed by atoms with Crippen LogP contribution in [0.1, 0.15) is 31.8 Å². The number of nitrogens with zero attached hydrogens (tertiary/aromatic N) is 3. The van der Waals surface area contributed by atoms with Crippen LogP contribution in [0.3, 0.4) is 0 Å². The Labute approximate surface area is 121 Å². The maximum Gasteiger partial charge on any atom is 0.262 e. The van der Waals surface area contributed by atoms with Gasteiger partial charge < -0.3 is 4.90 Å². The molecule has 2 aromatic rings. The largest absolute Gasteiger partial charge is 0.327 e. The lowest BCUT2D eigenvalue weighted by atomic mass is 10.0. The molecule has 0 N–H and O–H groups in total. The Hall–Kier alpha value is -2.50. The molecule has 1 aliphatic heterocycles. The molecule has 2 atom stereocenters. The minimum absolute atomic E-state index is 0.214. The van der Waals surface area contributed by atoms with E-state index in [1.54, 1.807) is 38.2 Å². The van der Waals surface area contributed by atoms with E-state index < -0.39 is 12.1 Å². The van der Waals surface area contributed by atoms with Crippen molar-refractivity contribution in [2.75, 3.05) is 7.05 Å².